The molecule has 4 heteroatoms. The molecule has 1 fully saturated rings. The zero-order chi connectivity index (χ0) is 14.4. The molecule has 1 aromatic rings. The van der Waals surface area contributed by atoms with Gasteiger partial charge < -0.3 is 10.0 Å². The van der Waals surface area contributed by atoms with Gasteiger partial charge in [0.1, 0.15) is 5.75 Å². The predicted molar refractivity (Wildman–Crippen MR) is 84.2 cm³/mol. The lowest BCUT2D eigenvalue weighted by Crippen LogP contribution is -2.44. The summed E-state index contributed by atoms with van der Waals surface area (Å²) in [4.78, 5) is 14.2. The second kappa shape index (κ2) is 7.58. The van der Waals surface area contributed by atoms with E-state index in [2.05, 4.69) is 4.90 Å². The fourth-order valence-electron chi connectivity index (χ4n) is 2.88. The molecular weight excluding hydrogens is 270 g/mol. The first kappa shape index (κ1) is 15.2. The number of phenols is 1. The van der Waals surface area contributed by atoms with Crippen molar-refractivity contribution in [1.29, 1.82) is 0 Å². The number of aromatic hydroxyl groups is 1. The molecule has 0 aromatic heterocycles. The maximum Gasteiger partial charge on any atom is 0.232 e. The highest BCUT2D eigenvalue weighted by Crippen LogP contribution is 2.23. The van der Waals surface area contributed by atoms with Gasteiger partial charge in [-0.3, -0.25) is 4.79 Å². The number of nitrogens with zero attached hydrogens (tertiary/aromatic N) is 1. The van der Waals surface area contributed by atoms with Gasteiger partial charge in [0.2, 0.25) is 5.91 Å². The van der Waals surface area contributed by atoms with E-state index in [4.69, 9.17) is 0 Å². The molecule has 0 aliphatic carbocycles. The fraction of sp³-hybridized carbons (Fsp3) is 0.562. The van der Waals surface area contributed by atoms with E-state index >= 15 is 0 Å². The average Bonchev–Trinajstić information content (AvgIpc) is 2.46. The minimum Gasteiger partial charge on any atom is -0.508 e. The maximum absolute atomic E-state index is 12.1. The van der Waals surface area contributed by atoms with Crippen LogP contribution in [0.5, 0.6) is 5.75 Å². The van der Waals surface area contributed by atoms with Crippen LogP contribution in [0.3, 0.4) is 0 Å². The third-order valence-corrected chi connectivity index (χ3v) is 4.43. The van der Waals surface area contributed by atoms with Crippen LogP contribution in [0.15, 0.2) is 24.3 Å². The summed E-state index contributed by atoms with van der Waals surface area (Å²) in [6.45, 7) is 0.907. The van der Waals surface area contributed by atoms with E-state index in [0.717, 1.165) is 37.8 Å². The number of rotatable bonds is 5. The second-order valence-electron chi connectivity index (χ2n) is 5.38. The van der Waals surface area contributed by atoms with E-state index in [-0.39, 0.29) is 5.91 Å². The molecular formula is C16H23NO2S. The lowest BCUT2D eigenvalue weighted by atomic mass is 9.96. The number of amides is 1. The minimum absolute atomic E-state index is 0.276. The van der Waals surface area contributed by atoms with Crippen LogP contribution in [0.1, 0.15) is 31.2 Å². The molecule has 20 heavy (non-hydrogen) atoms. The Morgan fingerprint density at radius 3 is 3.05 bits per heavy atom. The number of carbonyl (C=O) groups excluding carboxylic acids is 1. The summed E-state index contributed by atoms with van der Waals surface area (Å²) in [5, 5.41) is 9.49. The van der Waals surface area contributed by atoms with Gasteiger partial charge in [-0.15, -0.1) is 0 Å². The highest BCUT2D eigenvalue weighted by Gasteiger charge is 2.25. The minimum atomic E-state index is 0.276. The zero-order valence-corrected chi connectivity index (χ0v) is 12.9. The zero-order valence-electron chi connectivity index (χ0n) is 12.0. The third kappa shape index (κ3) is 4.17. The average molecular weight is 293 g/mol. The van der Waals surface area contributed by atoms with Crippen molar-refractivity contribution in [2.75, 3.05) is 18.6 Å². The molecule has 0 unspecified atom stereocenters. The van der Waals surface area contributed by atoms with Crippen molar-refractivity contribution in [2.45, 2.75) is 38.1 Å². The first-order valence-electron chi connectivity index (χ1n) is 7.27. The van der Waals surface area contributed by atoms with E-state index in [9.17, 15) is 9.90 Å². The molecule has 1 aromatic carbocycles. The summed E-state index contributed by atoms with van der Waals surface area (Å²) in [6, 6.07) is 7.79. The molecule has 2 rings (SSSR count). The second-order valence-corrected chi connectivity index (χ2v) is 6.24. The predicted octanol–water partition coefficient (Wildman–Crippen LogP) is 3.07. The van der Waals surface area contributed by atoms with Gasteiger partial charge in [0.15, 0.2) is 0 Å². The molecule has 0 bridgehead atoms. The SMILES string of the molecule is CSCC(=O)N1CCCC[C@@H]1CCc1cccc(O)c1. The summed E-state index contributed by atoms with van der Waals surface area (Å²) in [7, 11) is 0. The van der Waals surface area contributed by atoms with Crippen LogP contribution in [0.4, 0.5) is 0 Å². The van der Waals surface area contributed by atoms with Gasteiger partial charge in [0.05, 0.1) is 5.75 Å². The van der Waals surface area contributed by atoms with E-state index in [1.165, 1.54) is 6.42 Å². The quantitative estimate of drug-likeness (QED) is 0.907. The molecule has 0 saturated carbocycles. The number of benzene rings is 1. The maximum atomic E-state index is 12.1. The van der Waals surface area contributed by atoms with Gasteiger partial charge in [0, 0.05) is 12.6 Å². The molecule has 1 amide bonds. The summed E-state index contributed by atoms with van der Waals surface area (Å²) >= 11 is 1.60. The van der Waals surface area contributed by atoms with Crippen LogP contribution in [-0.2, 0) is 11.2 Å². The van der Waals surface area contributed by atoms with Crippen molar-refractivity contribution in [3.05, 3.63) is 29.8 Å². The summed E-state index contributed by atoms with van der Waals surface area (Å²) in [5.41, 5.74) is 1.15. The number of hydrogen-bond donors (Lipinski definition) is 1. The third-order valence-electron chi connectivity index (χ3n) is 3.89. The molecule has 1 heterocycles. The van der Waals surface area contributed by atoms with Gasteiger partial charge in [0.25, 0.3) is 0 Å². The fourth-order valence-corrected chi connectivity index (χ4v) is 3.29. The van der Waals surface area contributed by atoms with E-state index < -0.39 is 0 Å². The normalized spacial score (nSPS) is 19.1. The van der Waals surface area contributed by atoms with Crippen LogP contribution in [0.25, 0.3) is 0 Å². The Morgan fingerprint density at radius 2 is 2.30 bits per heavy atom. The molecule has 110 valence electrons. The van der Waals surface area contributed by atoms with Crippen LogP contribution >= 0.6 is 11.8 Å². The number of thioether (sulfide) groups is 1. The molecule has 0 spiro atoms. The first-order chi connectivity index (χ1) is 9.70. The molecule has 1 atom stereocenters. The van der Waals surface area contributed by atoms with Crippen molar-refractivity contribution in [3.8, 4) is 5.75 Å². The number of phenolic OH excluding ortho intramolecular Hbond substituents is 1. The highest BCUT2D eigenvalue weighted by molar-refractivity contribution is 7.99. The van der Waals surface area contributed by atoms with Crippen molar-refractivity contribution in [2.24, 2.45) is 0 Å². The van der Waals surface area contributed by atoms with Gasteiger partial charge in [-0.1, -0.05) is 12.1 Å². The molecule has 1 aliphatic heterocycles. The Hall–Kier alpha value is -1.16. The molecule has 0 radical (unpaired) electrons. The summed E-state index contributed by atoms with van der Waals surface area (Å²) in [5.74, 6) is 1.18. The Kier molecular flexibility index (Phi) is 5.77. The number of likely N-dealkylation sites (tertiary alicyclic amines) is 1. The molecule has 1 aliphatic rings. The standard InChI is InChI=1S/C16H23NO2S/c1-20-12-16(19)17-10-3-2-6-14(17)9-8-13-5-4-7-15(18)11-13/h4-5,7,11,14,18H,2-3,6,8-10,12H2,1H3/t14-/m1/s1. The molecule has 1 N–H and O–H groups in total. The van der Waals surface area contributed by atoms with Crippen LogP contribution in [0.2, 0.25) is 0 Å². The number of carbonyl (C=O) groups is 1. The first-order valence-corrected chi connectivity index (χ1v) is 8.66. The topological polar surface area (TPSA) is 40.5 Å². The van der Waals surface area contributed by atoms with Crippen molar-refractivity contribution in [3.63, 3.8) is 0 Å². The van der Waals surface area contributed by atoms with Gasteiger partial charge in [-0.2, -0.15) is 11.8 Å². The largest absolute Gasteiger partial charge is 0.508 e. The van der Waals surface area contributed by atoms with Crippen molar-refractivity contribution < 1.29 is 9.90 Å². The van der Waals surface area contributed by atoms with E-state index in [1.807, 2.05) is 24.5 Å². The van der Waals surface area contributed by atoms with Crippen LogP contribution < -0.4 is 0 Å². The Balaban J connectivity index is 1.93. The van der Waals surface area contributed by atoms with E-state index in [0.29, 0.717) is 17.5 Å². The lowest BCUT2D eigenvalue weighted by molar-refractivity contribution is -0.132. The number of hydrogen-bond acceptors (Lipinski definition) is 3. The Labute approximate surface area is 125 Å². The highest BCUT2D eigenvalue weighted by atomic mass is 32.2. The van der Waals surface area contributed by atoms with Gasteiger partial charge in [-0.05, 0) is 56.1 Å². The number of piperidine rings is 1. The van der Waals surface area contributed by atoms with Crippen LogP contribution in [0, 0.1) is 0 Å². The smallest absolute Gasteiger partial charge is 0.232 e. The summed E-state index contributed by atoms with van der Waals surface area (Å²) in [6.07, 6.45) is 7.34. The van der Waals surface area contributed by atoms with Crippen molar-refractivity contribution >= 4 is 17.7 Å². The Morgan fingerprint density at radius 1 is 1.45 bits per heavy atom. The van der Waals surface area contributed by atoms with Gasteiger partial charge in [-0.25, -0.2) is 0 Å². The Bertz CT molecular complexity index is 450. The molecule has 1 saturated heterocycles. The molecule has 3 nitrogen and oxygen atoms in total. The number of aryl methyl sites for hydroxylation is 1. The summed E-state index contributed by atoms with van der Waals surface area (Å²) < 4.78 is 0. The van der Waals surface area contributed by atoms with Gasteiger partial charge >= 0.3 is 0 Å². The lowest BCUT2D eigenvalue weighted by Gasteiger charge is -2.36. The van der Waals surface area contributed by atoms with Crippen LogP contribution in [-0.4, -0.2) is 40.5 Å². The van der Waals surface area contributed by atoms with E-state index in [1.54, 1.807) is 17.8 Å². The van der Waals surface area contributed by atoms with Crippen molar-refractivity contribution in [1.82, 2.24) is 4.90 Å². The monoisotopic (exact) mass is 293 g/mol.